The molecule has 114 valence electrons. The lowest BCUT2D eigenvalue weighted by Crippen LogP contribution is -2.27. The molecule has 2 rings (SSSR count). The van der Waals surface area contributed by atoms with Crippen LogP contribution in [0.15, 0.2) is 30.5 Å². The zero-order chi connectivity index (χ0) is 15.3. The molecule has 21 heavy (non-hydrogen) atoms. The van der Waals surface area contributed by atoms with Gasteiger partial charge in [0.2, 0.25) is 10.0 Å². The molecule has 0 bridgehead atoms. The first-order chi connectivity index (χ1) is 10.0. The molecule has 0 radical (unpaired) electrons. The van der Waals surface area contributed by atoms with Crippen LogP contribution in [0.4, 0.5) is 5.69 Å². The van der Waals surface area contributed by atoms with Crippen molar-refractivity contribution in [3.63, 3.8) is 0 Å². The summed E-state index contributed by atoms with van der Waals surface area (Å²) < 4.78 is 26.7. The number of fused-ring (bicyclic) bond motifs is 1. The molecule has 0 saturated heterocycles. The van der Waals surface area contributed by atoms with E-state index >= 15 is 0 Å². The van der Waals surface area contributed by atoms with E-state index < -0.39 is 10.0 Å². The molecule has 1 aromatic carbocycles. The summed E-state index contributed by atoms with van der Waals surface area (Å²) in [5.41, 5.74) is 1.00. The number of halogens is 1. The molecule has 0 amide bonds. The second kappa shape index (κ2) is 7.06. The van der Waals surface area contributed by atoms with E-state index in [1.807, 2.05) is 13.0 Å². The number of sulfonamides is 1. The van der Waals surface area contributed by atoms with Crippen LogP contribution in [0.25, 0.3) is 10.9 Å². The molecule has 1 aromatic heterocycles. The molecule has 0 spiro atoms. The number of nitrogens with one attached hydrogen (secondary N) is 2. The smallest absolute Gasteiger partial charge is 0.234 e. The lowest BCUT2D eigenvalue weighted by molar-refractivity contribution is 0.595. The topological polar surface area (TPSA) is 71.1 Å². The molecule has 0 atom stereocenters. The average molecular weight is 328 g/mol. The quantitative estimate of drug-likeness (QED) is 0.767. The third-order valence-electron chi connectivity index (χ3n) is 2.96. The van der Waals surface area contributed by atoms with E-state index in [1.165, 1.54) is 0 Å². The Morgan fingerprint density at radius 3 is 2.81 bits per heavy atom. The molecule has 2 N–H and O–H groups in total. The van der Waals surface area contributed by atoms with E-state index in [0.29, 0.717) is 22.8 Å². The summed E-state index contributed by atoms with van der Waals surface area (Å²) in [6, 6.07) is 6.87. The Morgan fingerprint density at radius 2 is 2.05 bits per heavy atom. The highest BCUT2D eigenvalue weighted by molar-refractivity contribution is 7.92. The summed E-state index contributed by atoms with van der Waals surface area (Å²) in [5, 5.41) is 4.34. The Morgan fingerprint density at radius 1 is 1.24 bits per heavy atom. The van der Waals surface area contributed by atoms with Gasteiger partial charge in [-0.15, -0.1) is 0 Å². The second-order valence-corrected chi connectivity index (χ2v) is 6.91. The molecule has 1 heterocycles. The van der Waals surface area contributed by atoms with Gasteiger partial charge in [0.15, 0.2) is 0 Å². The van der Waals surface area contributed by atoms with Crippen molar-refractivity contribution in [2.24, 2.45) is 0 Å². The maximum Gasteiger partial charge on any atom is 0.234 e. The third-order valence-corrected chi connectivity index (χ3v) is 4.56. The largest absolute Gasteiger partial charge is 0.316 e. The van der Waals surface area contributed by atoms with Crippen LogP contribution in [0.3, 0.4) is 0 Å². The van der Waals surface area contributed by atoms with Crippen molar-refractivity contribution in [3.05, 3.63) is 35.5 Å². The number of rotatable bonds is 7. The Labute approximate surface area is 129 Å². The van der Waals surface area contributed by atoms with E-state index in [0.717, 1.165) is 18.4 Å². The first-order valence-electron chi connectivity index (χ1n) is 6.78. The van der Waals surface area contributed by atoms with E-state index in [1.54, 1.807) is 24.4 Å². The van der Waals surface area contributed by atoms with E-state index in [4.69, 9.17) is 11.6 Å². The van der Waals surface area contributed by atoms with Crippen molar-refractivity contribution in [1.82, 2.24) is 10.3 Å². The van der Waals surface area contributed by atoms with Gasteiger partial charge in [-0.1, -0.05) is 18.5 Å². The SMILES string of the molecule is CCCNCCS(=O)(=O)Nc1ccc(Cl)c2cccnc12. The van der Waals surface area contributed by atoms with Crippen LogP contribution >= 0.6 is 11.6 Å². The molecule has 0 aliphatic carbocycles. The highest BCUT2D eigenvalue weighted by atomic mass is 35.5. The first-order valence-corrected chi connectivity index (χ1v) is 8.81. The van der Waals surface area contributed by atoms with Crippen molar-refractivity contribution < 1.29 is 8.42 Å². The van der Waals surface area contributed by atoms with Crippen LogP contribution < -0.4 is 10.0 Å². The molecule has 0 aliphatic rings. The fourth-order valence-electron chi connectivity index (χ4n) is 1.95. The minimum absolute atomic E-state index is 0.0178. The van der Waals surface area contributed by atoms with E-state index in [9.17, 15) is 8.42 Å². The number of aromatic nitrogens is 1. The molecule has 0 aliphatic heterocycles. The number of nitrogens with zero attached hydrogens (tertiary/aromatic N) is 1. The highest BCUT2D eigenvalue weighted by Crippen LogP contribution is 2.28. The van der Waals surface area contributed by atoms with Crippen molar-refractivity contribution >= 4 is 38.2 Å². The van der Waals surface area contributed by atoms with Gasteiger partial charge in [0.25, 0.3) is 0 Å². The fraction of sp³-hybridized carbons (Fsp3) is 0.357. The van der Waals surface area contributed by atoms with Gasteiger partial charge in [0.1, 0.15) is 0 Å². The lowest BCUT2D eigenvalue weighted by atomic mass is 10.2. The Kier molecular flexibility index (Phi) is 5.39. The molecule has 0 unspecified atom stereocenters. The first kappa shape index (κ1) is 16.0. The Hall–Kier alpha value is -1.37. The summed E-state index contributed by atoms with van der Waals surface area (Å²) in [5.74, 6) is 0.0178. The highest BCUT2D eigenvalue weighted by Gasteiger charge is 2.13. The monoisotopic (exact) mass is 327 g/mol. The zero-order valence-electron chi connectivity index (χ0n) is 11.8. The molecule has 0 saturated carbocycles. The average Bonchev–Trinajstić information content (AvgIpc) is 2.47. The Bertz CT molecular complexity index is 719. The second-order valence-electron chi connectivity index (χ2n) is 4.67. The summed E-state index contributed by atoms with van der Waals surface area (Å²) in [7, 11) is -3.41. The lowest BCUT2D eigenvalue weighted by Gasteiger charge is -2.11. The number of hydrogen-bond acceptors (Lipinski definition) is 4. The summed E-state index contributed by atoms with van der Waals surface area (Å²) in [4.78, 5) is 4.21. The van der Waals surface area contributed by atoms with Crippen molar-refractivity contribution in [3.8, 4) is 0 Å². The molecule has 2 aromatic rings. The number of anilines is 1. The maximum atomic E-state index is 12.1. The van der Waals surface area contributed by atoms with E-state index in [2.05, 4.69) is 15.0 Å². The van der Waals surface area contributed by atoms with Crippen LogP contribution in [0.5, 0.6) is 0 Å². The van der Waals surface area contributed by atoms with Crippen molar-refractivity contribution in [2.45, 2.75) is 13.3 Å². The van der Waals surface area contributed by atoms with Gasteiger partial charge in [-0.25, -0.2) is 8.42 Å². The number of benzene rings is 1. The van der Waals surface area contributed by atoms with Crippen molar-refractivity contribution in [2.75, 3.05) is 23.6 Å². The van der Waals surface area contributed by atoms with Gasteiger partial charge in [0, 0.05) is 18.1 Å². The predicted octanol–water partition coefficient (Wildman–Crippen LogP) is 2.63. The predicted molar refractivity (Wildman–Crippen MR) is 87.3 cm³/mol. The van der Waals surface area contributed by atoms with E-state index in [-0.39, 0.29) is 5.75 Å². The normalized spacial score (nSPS) is 11.7. The van der Waals surface area contributed by atoms with Crippen LogP contribution in [0.1, 0.15) is 13.3 Å². The molecule has 0 fully saturated rings. The zero-order valence-corrected chi connectivity index (χ0v) is 13.3. The molecule has 7 heteroatoms. The number of hydrogen-bond donors (Lipinski definition) is 2. The minimum Gasteiger partial charge on any atom is -0.316 e. The molecule has 5 nitrogen and oxygen atoms in total. The van der Waals surface area contributed by atoms with Crippen LogP contribution in [-0.4, -0.2) is 32.2 Å². The van der Waals surface area contributed by atoms with Crippen molar-refractivity contribution in [1.29, 1.82) is 0 Å². The fourth-order valence-corrected chi connectivity index (χ4v) is 3.18. The summed E-state index contributed by atoms with van der Waals surface area (Å²) >= 11 is 6.09. The van der Waals surface area contributed by atoms with Gasteiger partial charge >= 0.3 is 0 Å². The van der Waals surface area contributed by atoms with Crippen LogP contribution in [0.2, 0.25) is 5.02 Å². The van der Waals surface area contributed by atoms with Gasteiger partial charge in [-0.3, -0.25) is 9.71 Å². The summed E-state index contributed by atoms with van der Waals surface area (Å²) in [6.45, 7) is 3.26. The van der Waals surface area contributed by atoms with Gasteiger partial charge in [-0.05, 0) is 37.2 Å². The van der Waals surface area contributed by atoms with Gasteiger partial charge in [-0.2, -0.15) is 0 Å². The van der Waals surface area contributed by atoms with Crippen LogP contribution in [-0.2, 0) is 10.0 Å². The van der Waals surface area contributed by atoms with Crippen LogP contribution in [0, 0.1) is 0 Å². The summed E-state index contributed by atoms with van der Waals surface area (Å²) in [6.07, 6.45) is 2.58. The Balaban J connectivity index is 2.18. The van der Waals surface area contributed by atoms with Gasteiger partial charge in [0.05, 0.1) is 22.0 Å². The standard InChI is InChI=1S/C14H18ClN3O2S/c1-2-7-16-9-10-21(19,20)18-13-6-5-12(15)11-4-3-8-17-14(11)13/h3-6,8,16,18H,2,7,9-10H2,1H3. The maximum absolute atomic E-state index is 12.1. The minimum atomic E-state index is -3.41. The van der Waals surface area contributed by atoms with Gasteiger partial charge < -0.3 is 5.32 Å². The molecular weight excluding hydrogens is 310 g/mol. The third kappa shape index (κ3) is 4.30. The molecular formula is C14H18ClN3O2S. The number of pyridine rings is 1.